The molecule has 4 aromatic rings. The molecule has 0 fully saturated rings. The molecule has 0 saturated carbocycles. The van der Waals surface area contributed by atoms with E-state index in [0.29, 0.717) is 22.7 Å². The van der Waals surface area contributed by atoms with Crippen LogP contribution in [0, 0.1) is 6.92 Å². The topological polar surface area (TPSA) is 86.8 Å². The quantitative estimate of drug-likeness (QED) is 0.185. The lowest BCUT2D eigenvalue weighted by Crippen LogP contribution is -2.54. The van der Waals surface area contributed by atoms with Gasteiger partial charge in [0.2, 0.25) is 11.8 Å². The molecule has 4 rings (SSSR count). The number of hydrogen-bond donors (Lipinski definition) is 1. The van der Waals surface area contributed by atoms with E-state index in [1.165, 1.54) is 17.0 Å². The smallest absolute Gasteiger partial charge is 0.264 e. The summed E-state index contributed by atoms with van der Waals surface area (Å²) in [6.07, 6.45) is 0.952. The number of rotatable bonds is 13. The second kappa shape index (κ2) is 15.0. The highest BCUT2D eigenvalue weighted by Crippen LogP contribution is 2.26. The number of carbonyl (C=O) groups excluding carboxylic acids is 2. The first-order chi connectivity index (χ1) is 21.1. The minimum atomic E-state index is -4.14. The van der Waals surface area contributed by atoms with E-state index in [0.717, 1.165) is 15.4 Å². The predicted molar refractivity (Wildman–Crippen MR) is 176 cm³/mol. The number of hydrogen-bond acceptors (Lipinski definition) is 4. The number of benzene rings is 4. The first-order valence-electron chi connectivity index (χ1n) is 14.6. The molecule has 0 radical (unpaired) electrons. The van der Waals surface area contributed by atoms with E-state index in [9.17, 15) is 18.0 Å². The second-order valence-corrected chi connectivity index (χ2v) is 13.1. The minimum Gasteiger partial charge on any atom is -0.352 e. The highest BCUT2D eigenvalue weighted by molar-refractivity contribution is 7.92. The Hall–Kier alpha value is -4.14. The molecular formula is C35H38ClN3O4S. The van der Waals surface area contributed by atoms with Crippen LogP contribution in [0.3, 0.4) is 0 Å². The summed E-state index contributed by atoms with van der Waals surface area (Å²) in [5.74, 6) is -0.835. The van der Waals surface area contributed by atoms with Gasteiger partial charge in [-0.25, -0.2) is 8.42 Å². The van der Waals surface area contributed by atoms with Crippen LogP contribution >= 0.6 is 11.6 Å². The molecule has 0 aliphatic rings. The summed E-state index contributed by atoms with van der Waals surface area (Å²) in [5, 5.41) is 3.53. The Morgan fingerprint density at radius 2 is 1.48 bits per heavy atom. The second-order valence-electron chi connectivity index (χ2n) is 10.8. The predicted octanol–water partition coefficient (Wildman–Crippen LogP) is 6.40. The standard InChI is InChI=1S/C35H38ClN3O4S/c1-4-27(3)37-35(41)33(23-28-14-7-5-8-15-28)38(24-29-16-12-17-30(36)22-29)34(40)25-39(31-18-11-13-26(2)21-31)44(42,43)32-19-9-6-10-20-32/h5-22,27,33H,4,23-25H2,1-3H3,(H,37,41)/t27-,33+/m0/s1. The summed E-state index contributed by atoms with van der Waals surface area (Å²) in [6.45, 7) is 5.28. The monoisotopic (exact) mass is 631 g/mol. The zero-order valence-electron chi connectivity index (χ0n) is 25.2. The Labute approximate surface area is 265 Å². The van der Waals surface area contributed by atoms with E-state index in [-0.39, 0.29) is 29.8 Å². The Morgan fingerprint density at radius 1 is 0.841 bits per heavy atom. The van der Waals surface area contributed by atoms with Gasteiger partial charge >= 0.3 is 0 Å². The van der Waals surface area contributed by atoms with Crippen molar-refractivity contribution in [1.82, 2.24) is 10.2 Å². The van der Waals surface area contributed by atoms with Gasteiger partial charge in [-0.1, -0.05) is 91.3 Å². The molecule has 0 aliphatic carbocycles. The van der Waals surface area contributed by atoms with Crippen LogP contribution in [0.25, 0.3) is 0 Å². The number of aryl methyl sites for hydroxylation is 1. The van der Waals surface area contributed by atoms with Gasteiger partial charge in [0.25, 0.3) is 10.0 Å². The highest BCUT2D eigenvalue weighted by Gasteiger charge is 2.35. The van der Waals surface area contributed by atoms with Gasteiger partial charge in [-0.3, -0.25) is 13.9 Å². The molecule has 0 spiro atoms. The Balaban J connectivity index is 1.80. The SMILES string of the molecule is CC[C@H](C)NC(=O)[C@@H](Cc1ccccc1)N(Cc1cccc(Cl)c1)C(=O)CN(c1cccc(C)c1)S(=O)(=O)c1ccccc1. The van der Waals surface area contributed by atoms with E-state index in [2.05, 4.69) is 5.32 Å². The first kappa shape index (κ1) is 32.8. The van der Waals surface area contributed by atoms with E-state index in [1.54, 1.807) is 54.6 Å². The molecule has 44 heavy (non-hydrogen) atoms. The molecule has 0 aliphatic heterocycles. The van der Waals surface area contributed by atoms with Crippen LogP contribution in [0.2, 0.25) is 5.02 Å². The van der Waals surface area contributed by atoms with Crippen LogP contribution in [0.4, 0.5) is 5.69 Å². The summed E-state index contributed by atoms with van der Waals surface area (Å²) in [6, 6.07) is 30.6. The summed E-state index contributed by atoms with van der Waals surface area (Å²) < 4.78 is 29.2. The fourth-order valence-electron chi connectivity index (χ4n) is 4.86. The van der Waals surface area contributed by atoms with Crippen LogP contribution in [-0.2, 0) is 32.6 Å². The van der Waals surface area contributed by atoms with Gasteiger partial charge in [0.15, 0.2) is 0 Å². The molecule has 2 amide bonds. The fraction of sp³-hybridized carbons (Fsp3) is 0.257. The molecule has 230 valence electrons. The van der Waals surface area contributed by atoms with Crippen LogP contribution in [0.5, 0.6) is 0 Å². The van der Waals surface area contributed by atoms with Crippen LogP contribution in [0.1, 0.15) is 37.0 Å². The van der Waals surface area contributed by atoms with Crippen molar-refractivity contribution in [2.45, 2.75) is 57.1 Å². The van der Waals surface area contributed by atoms with Crippen molar-refractivity contribution >= 4 is 39.1 Å². The van der Waals surface area contributed by atoms with E-state index < -0.39 is 28.5 Å². The fourth-order valence-corrected chi connectivity index (χ4v) is 6.50. The third kappa shape index (κ3) is 8.49. The molecule has 0 unspecified atom stereocenters. The van der Waals surface area contributed by atoms with Crippen LogP contribution in [0.15, 0.2) is 114 Å². The molecule has 1 N–H and O–H groups in total. The van der Waals surface area contributed by atoms with Crippen molar-refractivity contribution in [2.75, 3.05) is 10.8 Å². The molecule has 9 heteroatoms. The van der Waals surface area contributed by atoms with Crippen molar-refractivity contribution in [3.05, 3.63) is 131 Å². The molecule has 0 saturated heterocycles. The first-order valence-corrected chi connectivity index (χ1v) is 16.4. The summed E-state index contributed by atoms with van der Waals surface area (Å²) in [7, 11) is -4.14. The van der Waals surface area contributed by atoms with Crippen molar-refractivity contribution in [1.29, 1.82) is 0 Å². The number of nitrogens with one attached hydrogen (secondary N) is 1. The van der Waals surface area contributed by atoms with Crippen molar-refractivity contribution in [2.24, 2.45) is 0 Å². The number of anilines is 1. The maximum absolute atomic E-state index is 14.5. The van der Waals surface area contributed by atoms with Crippen molar-refractivity contribution < 1.29 is 18.0 Å². The maximum atomic E-state index is 14.5. The van der Waals surface area contributed by atoms with Crippen molar-refractivity contribution in [3.63, 3.8) is 0 Å². The molecule has 2 atom stereocenters. The lowest BCUT2D eigenvalue weighted by atomic mass is 10.0. The Morgan fingerprint density at radius 3 is 2.11 bits per heavy atom. The maximum Gasteiger partial charge on any atom is 0.264 e. The molecule has 0 heterocycles. The Kier molecular flexibility index (Phi) is 11.2. The highest BCUT2D eigenvalue weighted by atomic mass is 35.5. The average molecular weight is 632 g/mol. The normalized spacial score (nSPS) is 12.6. The van der Waals surface area contributed by atoms with Gasteiger partial charge in [0.05, 0.1) is 10.6 Å². The molecular weight excluding hydrogens is 594 g/mol. The molecule has 7 nitrogen and oxygen atoms in total. The summed E-state index contributed by atoms with van der Waals surface area (Å²) in [5.41, 5.74) is 2.78. The third-order valence-corrected chi connectivity index (χ3v) is 9.44. The van der Waals surface area contributed by atoms with Crippen LogP contribution in [-0.4, -0.2) is 43.8 Å². The largest absolute Gasteiger partial charge is 0.352 e. The van der Waals surface area contributed by atoms with Gasteiger partial charge in [-0.2, -0.15) is 0 Å². The Bertz CT molecular complexity index is 1670. The van der Waals surface area contributed by atoms with Gasteiger partial charge in [0, 0.05) is 24.0 Å². The lowest BCUT2D eigenvalue weighted by Gasteiger charge is -2.34. The van der Waals surface area contributed by atoms with Gasteiger partial charge in [-0.15, -0.1) is 0 Å². The van der Waals surface area contributed by atoms with E-state index >= 15 is 0 Å². The van der Waals surface area contributed by atoms with Crippen LogP contribution < -0.4 is 9.62 Å². The third-order valence-electron chi connectivity index (χ3n) is 7.41. The van der Waals surface area contributed by atoms with Gasteiger partial charge < -0.3 is 10.2 Å². The zero-order chi connectivity index (χ0) is 31.7. The lowest BCUT2D eigenvalue weighted by molar-refractivity contribution is -0.140. The summed E-state index contributed by atoms with van der Waals surface area (Å²) >= 11 is 6.30. The average Bonchev–Trinajstić information content (AvgIpc) is 3.02. The van der Waals surface area contributed by atoms with Gasteiger partial charge in [0.1, 0.15) is 12.6 Å². The number of sulfonamides is 1. The number of nitrogens with zero attached hydrogens (tertiary/aromatic N) is 2. The summed E-state index contributed by atoms with van der Waals surface area (Å²) in [4.78, 5) is 29.9. The minimum absolute atomic E-state index is 0.0534. The molecule has 0 aromatic heterocycles. The number of halogens is 1. The molecule has 4 aromatic carbocycles. The molecule has 0 bridgehead atoms. The number of carbonyl (C=O) groups is 2. The zero-order valence-corrected chi connectivity index (χ0v) is 26.8. The van der Waals surface area contributed by atoms with Crippen molar-refractivity contribution in [3.8, 4) is 0 Å². The van der Waals surface area contributed by atoms with Gasteiger partial charge in [-0.05, 0) is 73.4 Å². The van der Waals surface area contributed by atoms with E-state index in [1.807, 2.05) is 63.2 Å². The van der Waals surface area contributed by atoms with E-state index in [4.69, 9.17) is 11.6 Å². The number of amides is 2.